The van der Waals surface area contributed by atoms with E-state index in [2.05, 4.69) is 56.0 Å². The third-order valence-electron chi connectivity index (χ3n) is 3.97. The number of rotatable bonds is 4. The Hall–Kier alpha value is -2.50. The zero-order valence-electron chi connectivity index (χ0n) is 13.1. The molecule has 0 amide bonds. The molecule has 0 fully saturated rings. The van der Waals surface area contributed by atoms with Crippen LogP contribution in [0.5, 0.6) is 0 Å². The summed E-state index contributed by atoms with van der Waals surface area (Å²) in [5.74, 6) is 0.817. The normalized spacial score (nSPS) is 10.8. The van der Waals surface area contributed by atoms with Gasteiger partial charge in [0.25, 0.3) is 0 Å². The summed E-state index contributed by atoms with van der Waals surface area (Å²) in [5, 5.41) is 4.44. The fraction of sp³-hybridized carbons (Fsp3) is 0. The number of anilines is 2. The van der Waals surface area contributed by atoms with E-state index in [1.165, 1.54) is 22.7 Å². The largest absolute Gasteiger partial charge is 0.338 e. The Balaban J connectivity index is 1.76. The first-order valence-corrected chi connectivity index (χ1v) is 9.28. The van der Waals surface area contributed by atoms with Crippen LogP contribution < -0.4 is 5.32 Å². The molecule has 1 N–H and O–H groups in total. The van der Waals surface area contributed by atoms with E-state index in [4.69, 9.17) is 0 Å². The molecule has 122 valence electrons. The Morgan fingerprint density at radius 1 is 1.00 bits per heavy atom. The molecule has 0 atom stereocenters. The van der Waals surface area contributed by atoms with Crippen molar-refractivity contribution >= 4 is 55.3 Å². The van der Waals surface area contributed by atoms with Crippen molar-refractivity contribution in [1.29, 1.82) is 0 Å². The number of carbonyl (C=O) groups is 1. The maximum atomic E-state index is 10.9. The average Bonchev–Trinajstić information content (AvgIpc) is 3.07. The van der Waals surface area contributed by atoms with Crippen LogP contribution in [0.3, 0.4) is 0 Å². The molecule has 0 saturated carbocycles. The van der Waals surface area contributed by atoms with Gasteiger partial charge in [-0.05, 0) is 57.3 Å². The molecule has 0 aliphatic carbocycles. The fourth-order valence-corrected chi connectivity index (χ4v) is 4.10. The molecule has 4 rings (SSSR count). The van der Waals surface area contributed by atoms with Gasteiger partial charge in [0.1, 0.15) is 6.29 Å². The lowest BCUT2D eigenvalue weighted by Gasteiger charge is -2.07. The molecule has 0 saturated heterocycles. The molecule has 3 nitrogen and oxygen atoms in total. The maximum absolute atomic E-state index is 10.9. The number of fused-ring (bicyclic) bond motifs is 1. The first kappa shape index (κ1) is 16.0. The number of nitrogens with one attached hydrogen (secondary N) is 1. The number of nitrogens with zero attached hydrogens (tertiary/aromatic N) is 1. The van der Waals surface area contributed by atoms with Gasteiger partial charge >= 0.3 is 0 Å². The molecule has 3 aromatic carbocycles. The highest BCUT2D eigenvalue weighted by Crippen LogP contribution is 2.37. The quantitative estimate of drug-likeness (QED) is 0.403. The van der Waals surface area contributed by atoms with Crippen molar-refractivity contribution in [2.24, 2.45) is 0 Å². The van der Waals surface area contributed by atoms with Crippen molar-refractivity contribution in [3.63, 3.8) is 0 Å². The van der Waals surface area contributed by atoms with Crippen LogP contribution in [0.25, 0.3) is 21.2 Å². The summed E-state index contributed by atoms with van der Waals surface area (Å²) in [6.07, 6.45) is 0.832. The number of aromatic nitrogens is 1. The van der Waals surface area contributed by atoms with E-state index in [1.807, 2.05) is 24.3 Å². The first-order valence-electron chi connectivity index (χ1n) is 7.72. The van der Waals surface area contributed by atoms with Gasteiger partial charge in [-0.3, -0.25) is 4.79 Å². The summed E-state index contributed by atoms with van der Waals surface area (Å²) in [6.45, 7) is 0. The lowest BCUT2D eigenvalue weighted by atomic mass is 10.0. The van der Waals surface area contributed by atoms with Gasteiger partial charge < -0.3 is 5.32 Å². The SMILES string of the molecule is O=Cc1ccc(Nc2nsc3c(-c4ccccc4)cccc23)c(Br)c1. The minimum atomic E-state index is 0.631. The van der Waals surface area contributed by atoms with E-state index in [-0.39, 0.29) is 0 Å². The lowest BCUT2D eigenvalue weighted by molar-refractivity contribution is 0.112. The molecule has 0 spiro atoms. The zero-order valence-corrected chi connectivity index (χ0v) is 15.5. The first-order chi connectivity index (χ1) is 12.3. The number of halogens is 1. The van der Waals surface area contributed by atoms with Crippen LogP contribution in [0.4, 0.5) is 11.5 Å². The highest BCUT2D eigenvalue weighted by molar-refractivity contribution is 9.10. The predicted molar refractivity (Wildman–Crippen MR) is 108 cm³/mol. The Kier molecular flexibility index (Phi) is 4.34. The van der Waals surface area contributed by atoms with Crippen molar-refractivity contribution < 1.29 is 4.79 Å². The molecule has 1 heterocycles. The summed E-state index contributed by atoms with van der Waals surface area (Å²) in [5.41, 5.74) is 3.87. The lowest BCUT2D eigenvalue weighted by Crippen LogP contribution is -1.93. The number of hydrogen-bond acceptors (Lipinski definition) is 4. The van der Waals surface area contributed by atoms with Crippen molar-refractivity contribution in [1.82, 2.24) is 4.37 Å². The number of carbonyl (C=O) groups excluding carboxylic acids is 1. The Morgan fingerprint density at radius 2 is 1.84 bits per heavy atom. The molecule has 0 unspecified atom stereocenters. The Morgan fingerprint density at radius 3 is 2.60 bits per heavy atom. The van der Waals surface area contributed by atoms with Crippen LogP contribution in [0.15, 0.2) is 71.2 Å². The van der Waals surface area contributed by atoms with Gasteiger partial charge in [0, 0.05) is 21.0 Å². The highest BCUT2D eigenvalue weighted by Gasteiger charge is 2.12. The van der Waals surface area contributed by atoms with E-state index in [1.54, 1.807) is 12.1 Å². The van der Waals surface area contributed by atoms with E-state index >= 15 is 0 Å². The van der Waals surface area contributed by atoms with E-state index in [0.29, 0.717) is 5.56 Å². The van der Waals surface area contributed by atoms with Crippen LogP contribution in [0, 0.1) is 0 Å². The van der Waals surface area contributed by atoms with Gasteiger partial charge in [-0.2, -0.15) is 4.37 Å². The number of hydrogen-bond donors (Lipinski definition) is 1. The second-order valence-corrected chi connectivity index (χ2v) is 7.19. The summed E-state index contributed by atoms with van der Waals surface area (Å²) in [6, 6.07) is 22.0. The topological polar surface area (TPSA) is 42.0 Å². The molecule has 0 radical (unpaired) electrons. The van der Waals surface area contributed by atoms with Crippen LogP contribution in [0.2, 0.25) is 0 Å². The summed E-state index contributed by atoms with van der Waals surface area (Å²) in [4.78, 5) is 10.9. The van der Waals surface area contributed by atoms with Crippen LogP contribution >= 0.6 is 27.5 Å². The summed E-state index contributed by atoms with van der Waals surface area (Å²) in [7, 11) is 0. The molecular weight excluding hydrogens is 396 g/mol. The number of aldehydes is 1. The molecular formula is C20H13BrN2OS. The maximum Gasteiger partial charge on any atom is 0.152 e. The smallest absolute Gasteiger partial charge is 0.152 e. The van der Waals surface area contributed by atoms with Gasteiger partial charge in [0.05, 0.1) is 10.4 Å². The van der Waals surface area contributed by atoms with Crippen molar-refractivity contribution in [3.05, 3.63) is 76.8 Å². The van der Waals surface area contributed by atoms with Crippen molar-refractivity contribution in [2.45, 2.75) is 0 Å². The van der Waals surface area contributed by atoms with Crippen LogP contribution in [-0.2, 0) is 0 Å². The van der Waals surface area contributed by atoms with Crippen molar-refractivity contribution in [3.8, 4) is 11.1 Å². The van der Waals surface area contributed by atoms with Gasteiger partial charge in [-0.25, -0.2) is 0 Å². The van der Waals surface area contributed by atoms with Crippen LogP contribution in [0.1, 0.15) is 10.4 Å². The van der Waals surface area contributed by atoms with Gasteiger partial charge in [-0.15, -0.1) is 0 Å². The van der Waals surface area contributed by atoms with E-state index < -0.39 is 0 Å². The molecule has 1 aromatic heterocycles. The Labute approximate surface area is 157 Å². The molecule has 0 bridgehead atoms. The Bertz CT molecular complexity index is 1060. The average molecular weight is 409 g/mol. The molecule has 0 aliphatic heterocycles. The summed E-state index contributed by atoms with van der Waals surface area (Å²) >= 11 is 4.99. The zero-order chi connectivity index (χ0) is 17.2. The third kappa shape index (κ3) is 3.08. The van der Waals surface area contributed by atoms with Crippen molar-refractivity contribution in [2.75, 3.05) is 5.32 Å². The van der Waals surface area contributed by atoms with E-state index in [0.717, 1.165) is 32.4 Å². The molecule has 5 heteroatoms. The summed E-state index contributed by atoms with van der Waals surface area (Å²) < 4.78 is 6.58. The minimum absolute atomic E-state index is 0.631. The molecule has 4 aromatic rings. The highest BCUT2D eigenvalue weighted by atomic mass is 79.9. The standard InChI is InChI=1S/C20H13BrN2OS/c21-17-11-13(12-24)9-10-18(17)22-20-16-8-4-7-15(19(16)25-23-20)14-5-2-1-3-6-14/h1-12H,(H,22,23). The number of benzene rings is 3. The fourth-order valence-electron chi connectivity index (χ4n) is 2.73. The second-order valence-electron chi connectivity index (χ2n) is 5.56. The predicted octanol–water partition coefficient (Wildman–Crippen LogP) is 6.28. The van der Waals surface area contributed by atoms with E-state index in [9.17, 15) is 4.79 Å². The van der Waals surface area contributed by atoms with Gasteiger partial charge in [0.2, 0.25) is 0 Å². The third-order valence-corrected chi connectivity index (χ3v) is 5.52. The van der Waals surface area contributed by atoms with Gasteiger partial charge in [0.15, 0.2) is 5.82 Å². The molecule has 0 aliphatic rings. The van der Waals surface area contributed by atoms with Gasteiger partial charge in [-0.1, -0.05) is 42.5 Å². The monoisotopic (exact) mass is 408 g/mol. The van der Waals surface area contributed by atoms with Crippen LogP contribution in [-0.4, -0.2) is 10.7 Å². The minimum Gasteiger partial charge on any atom is -0.338 e. The second kappa shape index (κ2) is 6.78. The molecule has 25 heavy (non-hydrogen) atoms.